The Balaban J connectivity index is 2.18. The highest BCUT2D eigenvalue weighted by molar-refractivity contribution is 7.89. The first-order chi connectivity index (χ1) is 12.4. The molecule has 0 saturated carbocycles. The lowest BCUT2D eigenvalue weighted by molar-refractivity contribution is 0.0322. The van der Waals surface area contributed by atoms with E-state index < -0.39 is 10.0 Å². The van der Waals surface area contributed by atoms with Crippen molar-refractivity contribution in [2.45, 2.75) is 4.90 Å². The van der Waals surface area contributed by atoms with Crippen molar-refractivity contribution in [3.05, 3.63) is 53.6 Å². The van der Waals surface area contributed by atoms with E-state index in [2.05, 4.69) is 0 Å². The van der Waals surface area contributed by atoms with Gasteiger partial charge in [-0.15, -0.1) is 0 Å². The van der Waals surface area contributed by atoms with Gasteiger partial charge in [0.05, 0.1) is 4.90 Å². The molecule has 0 radical (unpaired) electrons. The monoisotopic (exact) mass is 379 g/mol. The van der Waals surface area contributed by atoms with Crippen molar-refractivity contribution in [3.63, 3.8) is 0 Å². The lowest BCUT2D eigenvalue weighted by Crippen LogP contribution is -2.11. The minimum atomic E-state index is -3.69. The van der Waals surface area contributed by atoms with Crippen molar-refractivity contribution in [3.8, 4) is 11.5 Å². The van der Waals surface area contributed by atoms with Gasteiger partial charge >= 0.3 is 0 Å². The molecule has 0 atom stereocenters. The van der Waals surface area contributed by atoms with Crippen molar-refractivity contribution in [1.82, 2.24) is 0 Å². The van der Waals surface area contributed by atoms with E-state index in [0.717, 1.165) is 11.1 Å². The highest BCUT2D eigenvalue weighted by Gasteiger charge is 2.07. The maximum atomic E-state index is 11.3. The Morgan fingerprint density at radius 2 is 1.38 bits per heavy atom. The zero-order valence-electron chi connectivity index (χ0n) is 14.5. The minimum absolute atomic E-state index is 0.0737. The second-order valence-corrected chi connectivity index (χ2v) is 6.82. The average Bonchev–Trinajstić information content (AvgIpc) is 2.63. The van der Waals surface area contributed by atoms with Crippen molar-refractivity contribution < 1.29 is 27.4 Å². The van der Waals surface area contributed by atoms with Crippen molar-refractivity contribution in [2.75, 3.05) is 27.8 Å². The van der Waals surface area contributed by atoms with Gasteiger partial charge in [-0.25, -0.2) is 13.6 Å². The third-order valence-corrected chi connectivity index (χ3v) is 4.24. The molecular formula is C18H21NO6S. The number of nitrogens with two attached hydrogens (primary N) is 1. The van der Waals surface area contributed by atoms with Crippen LogP contribution in [0, 0.1) is 0 Å². The molecule has 2 rings (SSSR count). The van der Waals surface area contributed by atoms with Crippen LogP contribution in [0.2, 0.25) is 0 Å². The van der Waals surface area contributed by atoms with Crippen molar-refractivity contribution >= 4 is 22.2 Å². The molecular weight excluding hydrogens is 358 g/mol. The summed E-state index contributed by atoms with van der Waals surface area (Å²) in [6.07, 6.45) is 3.71. The highest BCUT2D eigenvalue weighted by atomic mass is 32.2. The van der Waals surface area contributed by atoms with Gasteiger partial charge in [0, 0.05) is 14.2 Å². The Hall–Kier alpha value is -2.39. The molecule has 0 amide bonds. The van der Waals surface area contributed by atoms with Crippen LogP contribution in [0.15, 0.2) is 47.4 Å². The van der Waals surface area contributed by atoms with Gasteiger partial charge in [0.25, 0.3) is 0 Å². The molecule has 0 bridgehead atoms. The van der Waals surface area contributed by atoms with Gasteiger partial charge in [-0.3, -0.25) is 0 Å². The lowest BCUT2D eigenvalue weighted by Gasteiger charge is -2.12. The molecule has 8 heteroatoms. The second kappa shape index (κ2) is 9.35. The van der Waals surface area contributed by atoms with Crippen LogP contribution in [-0.4, -0.2) is 36.2 Å². The summed E-state index contributed by atoms with van der Waals surface area (Å²) in [6, 6.07) is 11.7. The number of sulfonamides is 1. The van der Waals surface area contributed by atoms with Gasteiger partial charge in [0.2, 0.25) is 10.0 Å². The smallest absolute Gasteiger partial charge is 0.238 e. The summed E-state index contributed by atoms with van der Waals surface area (Å²) < 4.78 is 43.3. The van der Waals surface area contributed by atoms with E-state index in [0.29, 0.717) is 11.5 Å². The van der Waals surface area contributed by atoms with Gasteiger partial charge in [0.1, 0.15) is 0 Å². The summed E-state index contributed by atoms with van der Waals surface area (Å²) in [5, 5.41) is 5.09. The fraction of sp³-hybridized carbons (Fsp3) is 0.222. The Kier molecular flexibility index (Phi) is 7.16. The fourth-order valence-corrected chi connectivity index (χ4v) is 2.58. The Labute approximate surface area is 153 Å². The number of primary sulfonamides is 1. The molecule has 2 aromatic carbocycles. The van der Waals surface area contributed by atoms with E-state index in [4.69, 9.17) is 24.1 Å². The predicted molar refractivity (Wildman–Crippen MR) is 98.2 cm³/mol. The predicted octanol–water partition coefficient (Wildman–Crippen LogP) is 2.47. The Morgan fingerprint density at radius 1 is 0.846 bits per heavy atom. The molecule has 0 unspecified atom stereocenters. The molecule has 0 aliphatic rings. The molecule has 0 heterocycles. The number of hydrogen-bond donors (Lipinski definition) is 1. The minimum Gasteiger partial charge on any atom is -0.464 e. The van der Waals surface area contributed by atoms with Crippen LogP contribution in [-0.2, 0) is 19.5 Å². The largest absolute Gasteiger partial charge is 0.464 e. The summed E-state index contributed by atoms with van der Waals surface area (Å²) in [6.45, 7) is 0.195. The molecule has 0 spiro atoms. The quantitative estimate of drug-likeness (QED) is 0.531. The molecule has 2 N–H and O–H groups in total. The molecule has 2 aromatic rings. The SMILES string of the molecule is COCOc1ccc(/C=C/c2ccc(S(N)(=O)=O)cc2)cc1OCOC. The molecule has 0 aliphatic heterocycles. The van der Waals surface area contributed by atoms with Crippen LogP contribution < -0.4 is 14.6 Å². The van der Waals surface area contributed by atoms with Gasteiger partial charge in [0.15, 0.2) is 25.1 Å². The molecule has 0 aromatic heterocycles. The van der Waals surface area contributed by atoms with Crippen LogP contribution >= 0.6 is 0 Å². The van der Waals surface area contributed by atoms with Gasteiger partial charge in [-0.05, 0) is 35.4 Å². The van der Waals surface area contributed by atoms with Gasteiger partial charge < -0.3 is 18.9 Å². The standard InChI is InChI=1S/C18H21NO6S/c1-22-12-24-17-10-7-15(11-18(17)25-13-23-2)4-3-14-5-8-16(9-6-14)26(19,20)21/h3-11H,12-13H2,1-2H3,(H2,19,20,21)/b4-3+. The number of benzene rings is 2. The number of ether oxygens (including phenoxy) is 4. The third-order valence-electron chi connectivity index (χ3n) is 3.31. The Morgan fingerprint density at radius 3 is 1.96 bits per heavy atom. The zero-order valence-corrected chi connectivity index (χ0v) is 15.4. The normalized spacial score (nSPS) is 11.7. The maximum Gasteiger partial charge on any atom is 0.238 e. The number of rotatable bonds is 9. The Bertz CT molecular complexity index is 846. The lowest BCUT2D eigenvalue weighted by atomic mass is 10.1. The van der Waals surface area contributed by atoms with E-state index in [1.165, 1.54) is 26.4 Å². The summed E-state index contributed by atoms with van der Waals surface area (Å²) in [4.78, 5) is 0.0737. The maximum absolute atomic E-state index is 11.3. The first-order valence-electron chi connectivity index (χ1n) is 7.62. The molecule has 26 heavy (non-hydrogen) atoms. The highest BCUT2D eigenvalue weighted by Crippen LogP contribution is 2.29. The van der Waals surface area contributed by atoms with E-state index in [1.807, 2.05) is 18.2 Å². The fourth-order valence-electron chi connectivity index (χ4n) is 2.07. The summed E-state index contributed by atoms with van der Waals surface area (Å²) >= 11 is 0. The van der Waals surface area contributed by atoms with Crippen LogP contribution in [0.3, 0.4) is 0 Å². The van der Waals surface area contributed by atoms with Crippen LogP contribution in [0.4, 0.5) is 0 Å². The van der Waals surface area contributed by atoms with E-state index in [9.17, 15) is 8.42 Å². The summed E-state index contributed by atoms with van der Waals surface area (Å²) in [7, 11) is -0.622. The van der Waals surface area contributed by atoms with Crippen LogP contribution in [0.1, 0.15) is 11.1 Å². The van der Waals surface area contributed by atoms with E-state index >= 15 is 0 Å². The summed E-state index contributed by atoms with van der Waals surface area (Å²) in [5.74, 6) is 1.06. The van der Waals surface area contributed by atoms with Gasteiger partial charge in [-0.2, -0.15) is 0 Å². The van der Waals surface area contributed by atoms with E-state index in [1.54, 1.807) is 24.3 Å². The molecule has 0 aliphatic carbocycles. The van der Waals surface area contributed by atoms with Crippen LogP contribution in [0.5, 0.6) is 11.5 Å². The molecule has 140 valence electrons. The molecule has 0 fully saturated rings. The van der Waals surface area contributed by atoms with Crippen molar-refractivity contribution in [2.24, 2.45) is 5.14 Å². The average molecular weight is 379 g/mol. The van der Waals surface area contributed by atoms with Crippen molar-refractivity contribution in [1.29, 1.82) is 0 Å². The molecule has 0 saturated heterocycles. The first-order valence-corrected chi connectivity index (χ1v) is 9.17. The zero-order chi connectivity index (χ0) is 19.0. The first kappa shape index (κ1) is 19.9. The summed E-state index contributed by atoms with van der Waals surface area (Å²) in [5.41, 5.74) is 1.70. The third kappa shape index (κ3) is 5.85. The second-order valence-electron chi connectivity index (χ2n) is 5.26. The van der Waals surface area contributed by atoms with Crippen LogP contribution in [0.25, 0.3) is 12.2 Å². The number of hydrogen-bond acceptors (Lipinski definition) is 6. The molecule has 7 nitrogen and oxygen atoms in total. The topological polar surface area (TPSA) is 97.1 Å². The van der Waals surface area contributed by atoms with E-state index in [-0.39, 0.29) is 18.5 Å². The number of methoxy groups -OCH3 is 2. The van der Waals surface area contributed by atoms with Gasteiger partial charge in [-0.1, -0.05) is 30.4 Å².